The second-order valence-corrected chi connectivity index (χ2v) is 13.6. The summed E-state index contributed by atoms with van der Waals surface area (Å²) in [5, 5.41) is 13.1. The number of primary amides is 1. The molecule has 4 aromatic carbocycles. The minimum Gasteiger partial charge on any atom is -0.451 e. The van der Waals surface area contributed by atoms with Gasteiger partial charge in [0.15, 0.2) is 5.76 Å². The van der Waals surface area contributed by atoms with Gasteiger partial charge in [-0.25, -0.2) is 12.4 Å². The van der Waals surface area contributed by atoms with Crippen molar-refractivity contribution in [1.82, 2.24) is 8.87 Å². The van der Waals surface area contributed by atoms with Crippen LogP contribution in [0.5, 0.6) is 0 Å². The van der Waals surface area contributed by atoms with Crippen LogP contribution in [-0.4, -0.2) is 55.9 Å². The minimum absolute atomic E-state index is 0.165. The van der Waals surface area contributed by atoms with Crippen LogP contribution in [0.3, 0.4) is 0 Å². The molecule has 0 atom stereocenters. The Morgan fingerprint density at radius 3 is 2.46 bits per heavy atom. The van der Waals surface area contributed by atoms with Gasteiger partial charge in [-0.3, -0.25) is 9.69 Å². The molecule has 1 amide bonds. The predicted octanol–water partition coefficient (Wildman–Crippen LogP) is 5.89. The predicted molar refractivity (Wildman–Crippen MR) is 180 cm³/mol. The SMILES string of the molecule is N#Cc1ccc2c(c1)c(CCCCN1CCN(c3ccc4oc(C(N)=O)cc4c3)CC1)cn2S(=O)(=O)c1ccc2ccccc2c1. The first-order chi connectivity index (χ1) is 22.3. The smallest absolute Gasteiger partial charge is 0.284 e. The summed E-state index contributed by atoms with van der Waals surface area (Å²) in [6, 6.07) is 27.9. The van der Waals surface area contributed by atoms with Crippen molar-refractivity contribution < 1.29 is 17.6 Å². The van der Waals surface area contributed by atoms with Crippen LogP contribution in [0.15, 0.2) is 100 Å². The molecule has 0 spiro atoms. The molecular weight excluding hydrogens is 598 g/mol. The summed E-state index contributed by atoms with van der Waals surface area (Å²) in [6.07, 6.45) is 4.31. The van der Waals surface area contributed by atoms with Gasteiger partial charge < -0.3 is 15.1 Å². The van der Waals surface area contributed by atoms with Gasteiger partial charge in [-0.1, -0.05) is 30.3 Å². The number of hydrogen-bond acceptors (Lipinski definition) is 7. The lowest BCUT2D eigenvalue weighted by Gasteiger charge is -2.36. The number of hydrogen-bond donors (Lipinski definition) is 1. The highest BCUT2D eigenvalue weighted by Gasteiger charge is 2.23. The van der Waals surface area contributed by atoms with Gasteiger partial charge >= 0.3 is 0 Å². The number of unbranched alkanes of at least 4 members (excludes halogenated alkanes) is 1. The zero-order valence-corrected chi connectivity index (χ0v) is 26.0. The number of aryl methyl sites for hydroxylation is 1. The maximum atomic E-state index is 13.9. The molecule has 2 N–H and O–H groups in total. The standard InChI is InChI=1S/C36H33N5O4S/c37-23-25-8-12-33-32(19-25)28(24-41(33)46(43,44)31-11-9-26-5-1-2-6-27(26)21-31)7-3-4-14-39-15-17-40(18-16-39)30-10-13-34-29(20-30)22-35(45-34)36(38)42/h1-2,5-6,8-13,19-22,24H,3-4,7,14-18H2,(H2,38,42). The van der Waals surface area contributed by atoms with Crippen LogP contribution in [0.2, 0.25) is 0 Å². The Balaban J connectivity index is 1.01. The molecule has 2 aromatic heterocycles. The van der Waals surface area contributed by atoms with E-state index in [1.165, 1.54) is 3.97 Å². The molecule has 0 bridgehead atoms. The minimum atomic E-state index is -3.85. The molecule has 1 aliphatic heterocycles. The van der Waals surface area contributed by atoms with Crippen molar-refractivity contribution in [2.75, 3.05) is 37.6 Å². The molecule has 9 nitrogen and oxygen atoms in total. The molecule has 0 radical (unpaired) electrons. The van der Waals surface area contributed by atoms with Gasteiger partial charge in [-0.15, -0.1) is 0 Å². The van der Waals surface area contributed by atoms with Crippen molar-refractivity contribution in [2.24, 2.45) is 5.73 Å². The van der Waals surface area contributed by atoms with Crippen LogP contribution in [0.25, 0.3) is 32.6 Å². The Kier molecular flexibility index (Phi) is 7.72. The van der Waals surface area contributed by atoms with Crippen LogP contribution >= 0.6 is 0 Å². The molecule has 10 heteroatoms. The Morgan fingerprint density at radius 2 is 1.67 bits per heavy atom. The number of amides is 1. The number of aromatic nitrogens is 1. The molecule has 1 fully saturated rings. The fourth-order valence-corrected chi connectivity index (χ4v) is 7.83. The molecule has 1 saturated heterocycles. The zero-order valence-electron chi connectivity index (χ0n) is 25.2. The second kappa shape index (κ2) is 12.0. The molecule has 46 heavy (non-hydrogen) atoms. The van der Waals surface area contributed by atoms with E-state index in [-0.39, 0.29) is 10.7 Å². The van der Waals surface area contributed by atoms with E-state index >= 15 is 0 Å². The number of carbonyl (C=O) groups is 1. The van der Waals surface area contributed by atoms with Crippen molar-refractivity contribution in [2.45, 2.75) is 24.2 Å². The summed E-state index contributed by atoms with van der Waals surface area (Å²) < 4.78 is 34.7. The first-order valence-corrected chi connectivity index (χ1v) is 16.8. The fourth-order valence-electron chi connectivity index (χ4n) is 6.40. The largest absolute Gasteiger partial charge is 0.451 e. The molecule has 1 aliphatic rings. The molecule has 0 unspecified atom stereocenters. The van der Waals surface area contributed by atoms with E-state index in [0.29, 0.717) is 23.1 Å². The van der Waals surface area contributed by atoms with Crippen LogP contribution in [0, 0.1) is 11.3 Å². The van der Waals surface area contributed by atoms with Crippen molar-refractivity contribution in [3.8, 4) is 6.07 Å². The highest BCUT2D eigenvalue weighted by molar-refractivity contribution is 7.90. The first kappa shape index (κ1) is 29.6. The quantitative estimate of drug-likeness (QED) is 0.197. The van der Waals surface area contributed by atoms with E-state index in [4.69, 9.17) is 10.2 Å². The summed E-state index contributed by atoms with van der Waals surface area (Å²) >= 11 is 0. The Bertz CT molecular complexity index is 2260. The fraction of sp³-hybridized carbons (Fsp3) is 0.222. The van der Waals surface area contributed by atoms with Crippen LogP contribution in [-0.2, 0) is 16.4 Å². The van der Waals surface area contributed by atoms with Gasteiger partial charge in [-0.05, 0) is 96.7 Å². The van der Waals surface area contributed by atoms with Gasteiger partial charge in [0, 0.05) is 48.8 Å². The average molecular weight is 632 g/mol. The number of fused-ring (bicyclic) bond motifs is 3. The second-order valence-electron chi connectivity index (χ2n) is 11.8. The van der Waals surface area contributed by atoms with Crippen LogP contribution in [0.1, 0.15) is 34.5 Å². The number of piperazine rings is 1. The Hall–Kier alpha value is -5.11. The summed E-state index contributed by atoms with van der Waals surface area (Å²) in [5.41, 5.74) is 9.12. The number of nitrogens with two attached hydrogens (primary N) is 1. The van der Waals surface area contributed by atoms with E-state index < -0.39 is 15.9 Å². The van der Waals surface area contributed by atoms with Crippen molar-refractivity contribution in [1.29, 1.82) is 5.26 Å². The molecule has 6 aromatic rings. The normalized spacial score (nSPS) is 14.3. The molecule has 0 aliphatic carbocycles. The Morgan fingerprint density at radius 1 is 0.870 bits per heavy atom. The number of carbonyl (C=O) groups excluding carboxylic acids is 1. The lowest BCUT2D eigenvalue weighted by atomic mass is 10.1. The van der Waals surface area contributed by atoms with Gasteiger partial charge in [0.25, 0.3) is 15.9 Å². The number of nitriles is 1. The molecule has 0 saturated carbocycles. The van der Waals surface area contributed by atoms with Crippen molar-refractivity contribution in [3.05, 3.63) is 108 Å². The van der Waals surface area contributed by atoms with E-state index in [9.17, 15) is 18.5 Å². The van der Waals surface area contributed by atoms with Gasteiger partial charge in [0.1, 0.15) is 5.58 Å². The van der Waals surface area contributed by atoms with E-state index in [1.54, 1.807) is 42.6 Å². The lowest BCUT2D eigenvalue weighted by molar-refractivity contribution is 0.0976. The molecule has 7 rings (SSSR count). The van der Waals surface area contributed by atoms with E-state index in [1.807, 2.05) is 48.5 Å². The maximum absolute atomic E-state index is 13.9. The van der Waals surface area contributed by atoms with E-state index in [2.05, 4.69) is 15.9 Å². The zero-order chi connectivity index (χ0) is 31.8. The van der Waals surface area contributed by atoms with E-state index in [0.717, 1.165) is 78.4 Å². The topological polar surface area (TPSA) is 126 Å². The highest BCUT2D eigenvalue weighted by Crippen LogP contribution is 2.30. The summed E-state index contributed by atoms with van der Waals surface area (Å²) in [6.45, 7) is 4.61. The summed E-state index contributed by atoms with van der Waals surface area (Å²) in [4.78, 5) is 16.5. The van der Waals surface area contributed by atoms with Gasteiger partial charge in [0.2, 0.25) is 0 Å². The summed E-state index contributed by atoms with van der Waals surface area (Å²) in [5.74, 6) is -0.409. The molecule has 3 heterocycles. The Labute approximate surface area is 267 Å². The third-order valence-electron chi connectivity index (χ3n) is 8.91. The van der Waals surface area contributed by atoms with Gasteiger partial charge in [-0.2, -0.15) is 5.26 Å². The third-order valence-corrected chi connectivity index (χ3v) is 10.6. The number of benzene rings is 4. The monoisotopic (exact) mass is 631 g/mol. The number of anilines is 1. The maximum Gasteiger partial charge on any atom is 0.284 e. The average Bonchev–Trinajstić information content (AvgIpc) is 3.68. The number of rotatable bonds is 9. The summed E-state index contributed by atoms with van der Waals surface area (Å²) in [7, 11) is -3.85. The molecular formula is C36H33N5O4S. The third kappa shape index (κ3) is 5.60. The van der Waals surface area contributed by atoms with Gasteiger partial charge in [0.05, 0.1) is 22.0 Å². The van der Waals surface area contributed by atoms with Crippen LogP contribution in [0.4, 0.5) is 5.69 Å². The highest BCUT2D eigenvalue weighted by atomic mass is 32.2. The number of furan rings is 1. The first-order valence-electron chi connectivity index (χ1n) is 15.4. The van der Waals surface area contributed by atoms with Crippen molar-refractivity contribution in [3.63, 3.8) is 0 Å². The van der Waals surface area contributed by atoms with Crippen molar-refractivity contribution >= 4 is 54.3 Å². The number of nitrogens with zero attached hydrogens (tertiary/aromatic N) is 4. The van der Waals surface area contributed by atoms with Crippen LogP contribution < -0.4 is 10.6 Å². The lowest BCUT2D eigenvalue weighted by Crippen LogP contribution is -2.46. The molecule has 232 valence electrons.